The zero-order valence-corrected chi connectivity index (χ0v) is 12.4. The average molecular weight is 279 g/mol. The molecule has 1 aromatic rings. The zero-order chi connectivity index (χ0) is 14.2. The SMILES string of the molecule is COCCNCC1CCOC1c1ccc(COC)cc1. The third-order valence-electron chi connectivity index (χ3n) is 3.72. The molecule has 2 atom stereocenters. The highest BCUT2D eigenvalue weighted by atomic mass is 16.5. The summed E-state index contributed by atoms with van der Waals surface area (Å²) in [6, 6.07) is 8.56. The van der Waals surface area contributed by atoms with E-state index in [1.807, 2.05) is 0 Å². The molecule has 0 saturated carbocycles. The number of hydrogen-bond donors (Lipinski definition) is 1. The monoisotopic (exact) mass is 279 g/mol. The summed E-state index contributed by atoms with van der Waals surface area (Å²) in [5.74, 6) is 0.542. The van der Waals surface area contributed by atoms with Gasteiger partial charge in [0.25, 0.3) is 0 Å². The average Bonchev–Trinajstić information content (AvgIpc) is 2.93. The fourth-order valence-electron chi connectivity index (χ4n) is 2.64. The lowest BCUT2D eigenvalue weighted by molar-refractivity contribution is 0.0898. The lowest BCUT2D eigenvalue weighted by Gasteiger charge is -2.19. The summed E-state index contributed by atoms with van der Waals surface area (Å²) in [5, 5.41) is 3.43. The molecule has 1 aromatic carbocycles. The summed E-state index contributed by atoms with van der Waals surface area (Å²) in [5.41, 5.74) is 2.46. The van der Waals surface area contributed by atoms with Gasteiger partial charge in [-0.25, -0.2) is 0 Å². The third kappa shape index (κ3) is 4.28. The van der Waals surface area contributed by atoms with E-state index in [4.69, 9.17) is 14.2 Å². The standard InChI is InChI=1S/C16H25NO3/c1-18-10-8-17-11-15-7-9-20-16(15)14-5-3-13(4-6-14)12-19-2/h3-6,15-17H,7-12H2,1-2H3. The van der Waals surface area contributed by atoms with E-state index in [1.165, 1.54) is 11.1 Å². The summed E-state index contributed by atoms with van der Waals surface area (Å²) in [4.78, 5) is 0. The van der Waals surface area contributed by atoms with Crippen LogP contribution in [0.3, 0.4) is 0 Å². The van der Waals surface area contributed by atoms with Gasteiger partial charge < -0.3 is 19.5 Å². The van der Waals surface area contributed by atoms with Gasteiger partial charge in [0, 0.05) is 39.8 Å². The second kappa shape index (κ2) is 8.37. The molecule has 0 aromatic heterocycles. The summed E-state index contributed by atoms with van der Waals surface area (Å²) in [6.45, 7) is 4.14. The molecule has 1 aliphatic rings. The van der Waals surface area contributed by atoms with Crippen molar-refractivity contribution in [3.63, 3.8) is 0 Å². The van der Waals surface area contributed by atoms with Gasteiger partial charge in [-0.05, 0) is 17.5 Å². The Morgan fingerprint density at radius 3 is 2.70 bits per heavy atom. The van der Waals surface area contributed by atoms with Crippen molar-refractivity contribution < 1.29 is 14.2 Å². The van der Waals surface area contributed by atoms with Crippen LogP contribution in [-0.4, -0.2) is 40.5 Å². The van der Waals surface area contributed by atoms with Crippen LogP contribution in [-0.2, 0) is 20.8 Å². The lowest BCUT2D eigenvalue weighted by Crippen LogP contribution is -2.27. The number of methoxy groups -OCH3 is 2. The Morgan fingerprint density at radius 2 is 2.00 bits per heavy atom. The van der Waals surface area contributed by atoms with Crippen molar-refractivity contribution >= 4 is 0 Å². The van der Waals surface area contributed by atoms with Crippen LogP contribution >= 0.6 is 0 Å². The minimum Gasteiger partial charge on any atom is -0.383 e. The first-order chi connectivity index (χ1) is 9.85. The van der Waals surface area contributed by atoms with Gasteiger partial charge in [-0.1, -0.05) is 24.3 Å². The normalized spacial score (nSPS) is 22.3. The smallest absolute Gasteiger partial charge is 0.0866 e. The highest BCUT2D eigenvalue weighted by Gasteiger charge is 2.29. The molecule has 1 N–H and O–H groups in total. The quantitative estimate of drug-likeness (QED) is 0.740. The van der Waals surface area contributed by atoms with E-state index >= 15 is 0 Å². The van der Waals surface area contributed by atoms with Crippen molar-refractivity contribution in [3.8, 4) is 0 Å². The number of benzene rings is 1. The molecule has 2 rings (SSSR count). The van der Waals surface area contributed by atoms with Crippen molar-refractivity contribution in [3.05, 3.63) is 35.4 Å². The van der Waals surface area contributed by atoms with Gasteiger partial charge in [0.2, 0.25) is 0 Å². The van der Waals surface area contributed by atoms with Crippen LogP contribution in [0.2, 0.25) is 0 Å². The molecule has 0 amide bonds. The molecular formula is C16H25NO3. The molecule has 0 spiro atoms. The van der Waals surface area contributed by atoms with Crippen molar-refractivity contribution in [2.75, 3.05) is 40.5 Å². The molecule has 2 unspecified atom stereocenters. The predicted octanol–water partition coefficient (Wildman–Crippen LogP) is 2.15. The van der Waals surface area contributed by atoms with Gasteiger partial charge in [0.1, 0.15) is 0 Å². The Balaban J connectivity index is 1.89. The molecule has 4 nitrogen and oxygen atoms in total. The Kier molecular flexibility index (Phi) is 6.47. The number of rotatable bonds is 8. The van der Waals surface area contributed by atoms with E-state index in [-0.39, 0.29) is 6.10 Å². The fourth-order valence-corrected chi connectivity index (χ4v) is 2.64. The van der Waals surface area contributed by atoms with E-state index in [1.54, 1.807) is 14.2 Å². The Bertz CT molecular complexity index is 380. The van der Waals surface area contributed by atoms with E-state index in [2.05, 4.69) is 29.6 Å². The Morgan fingerprint density at radius 1 is 1.20 bits per heavy atom. The molecule has 0 radical (unpaired) electrons. The highest BCUT2D eigenvalue weighted by Crippen LogP contribution is 2.34. The maximum atomic E-state index is 5.91. The van der Waals surface area contributed by atoms with E-state index < -0.39 is 0 Å². The summed E-state index contributed by atoms with van der Waals surface area (Å²) in [7, 11) is 3.44. The van der Waals surface area contributed by atoms with Crippen LogP contribution in [0.25, 0.3) is 0 Å². The molecule has 1 fully saturated rings. The fraction of sp³-hybridized carbons (Fsp3) is 0.625. The molecule has 1 heterocycles. The lowest BCUT2D eigenvalue weighted by atomic mass is 9.94. The van der Waals surface area contributed by atoms with Crippen molar-refractivity contribution in [2.24, 2.45) is 5.92 Å². The van der Waals surface area contributed by atoms with Crippen molar-refractivity contribution in [1.82, 2.24) is 5.32 Å². The maximum Gasteiger partial charge on any atom is 0.0866 e. The molecule has 4 heteroatoms. The van der Waals surface area contributed by atoms with Crippen LogP contribution < -0.4 is 5.32 Å². The van der Waals surface area contributed by atoms with Crippen LogP contribution in [0.1, 0.15) is 23.7 Å². The molecule has 112 valence electrons. The van der Waals surface area contributed by atoms with E-state index in [0.717, 1.165) is 32.7 Å². The van der Waals surface area contributed by atoms with Gasteiger partial charge in [0.15, 0.2) is 0 Å². The van der Waals surface area contributed by atoms with Gasteiger partial charge in [-0.15, -0.1) is 0 Å². The number of hydrogen-bond acceptors (Lipinski definition) is 4. The van der Waals surface area contributed by atoms with Crippen LogP contribution in [0.5, 0.6) is 0 Å². The van der Waals surface area contributed by atoms with Gasteiger partial charge in [0.05, 0.1) is 19.3 Å². The second-order valence-electron chi connectivity index (χ2n) is 5.21. The maximum absolute atomic E-state index is 5.91. The molecular weight excluding hydrogens is 254 g/mol. The van der Waals surface area contributed by atoms with Crippen LogP contribution in [0.15, 0.2) is 24.3 Å². The molecule has 1 saturated heterocycles. The molecule has 1 aliphatic heterocycles. The first kappa shape index (κ1) is 15.4. The van der Waals surface area contributed by atoms with Crippen LogP contribution in [0.4, 0.5) is 0 Å². The first-order valence-corrected chi connectivity index (χ1v) is 7.24. The van der Waals surface area contributed by atoms with Gasteiger partial charge in [-0.2, -0.15) is 0 Å². The first-order valence-electron chi connectivity index (χ1n) is 7.24. The minimum absolute atomic E-state index is 0.210. The third-order valence-corrected chi connectivity index (χ3v) is 3.72. The Hall–Kier alpha value is -0.940. The topological polar surface area (TPSA) is 39.7 Å². The zero-order valence-electron chi connectivity index (χ0n) is 12.4. The Labute approximate surface area is 121 Å². The minimum atomic E-state index is 0.210. The largest absolute Gasteiger partial charge is 0.383 e. The summed E-state index contributed by atoms with van der Waals surface area (Å²) < 4.78 is 16.1. The van der Waals surface area contributed by atoms with Crippen molar-refractivity contribution in [1.29, 1.82) is 0 Å². The van der Waals surface area contributed by atoms with Crippen molar-refractivity contribution in [2.45, 2.75) is 19.1 Å². The number of ether oxygens (including phenoxy) is 3. The van der Waals surface area contributed by atoms with E-state index in [0.29, 0.717) is 12.5 Å². The van der Waals surface area contributed by atoms with Crippen LogP contribution in [0, 0.1) is 5.92 Å². The van der Waals surface area contributed by atoms with Gasteiger partial charge in [-0.3, -0.25) is 0 Å². The molecule has 0 aliphatic carbocycles. The predicted molar refractivity (Wildman–Crippen MR) is 78.7 cm³/mol. The number of nitrogens with one attached hydrogen (secondary N) is 1. The van der Waals surface area contributed by atoms with Gasteiger partial charge >= 0.3 is 0 Å². The second-order valence-corrected chi connectivity index (χ2v) is 5.21. The van der Waals surface area contributed by atoms with E-state index in [9.17, 15) is 0 Å². The summed E-state index contributed by atoms with van der Waals surface area (Å²) in [6.07, 6.45) is 1.33. The highest BCUT2D eigenvalue weighted by molar-refractivity contribution is 5.25. The summed E-state index contributed by atoms with van der Waals surface area (Å²) >= 11 is 0. The molecule has 0 bridgehead atoms. The molecule has 20 heavy (non-hydrogen) atoms.